The van der Waals surface area contributed by atoms with E-state index in [1.165, 1.54) is 5.56 Å². The summed E-state index contributed by atoms with van der Waals surface area (Å²) in [6, 6.07) is 7.77. The highest BCUT2D eigenvalue weighted by Crippen LogP contribution is 2.09. The van der Waals surface area contributed by atoms with Crippen LogP contribution in [0.15, 0.2) is 29.3 Å². The molecule has 0 spiro atoms. The number of halogens is 1. The van der Waals surface area contributed by atoms with Gasteiger partial charge in [-0.3, -0.25) is 4.99 Å². The van der Waals surface area contributed by atoms with E-state index < -0.39 is 0 Å². The summed E-state index contributed by atoms with van der Waals surface area (Å²) < 4.78 is 0. The van der Waals surface area contributed by atoms with Gasteiger partial charge < -0.3 is 11.1 Å². The minimum Gasteiger partial charge on any atom is -0.370 e. The minimum atomic E-state index is 0.506. The van der Waals surface area contributed by atoms with Gasteiger partial charge in [0.25, 0.3) is 0 Å². The molecule has 0 aliphatic carbocycles. The number of guanidine groups is 1. The van der Waals surface area contributed by atoms with Crippen LogP contribution in [-0.2, 0) is 6.42 Å². The summed E-state index contributed by atoms with van der Waals surface area (Å²) in [5.74, 6) is 0.506. The topological polar surface area (TPSA) is 50.4 Å². The van der Waals surface area contributed by atoms with E-state index >= 15 is 0 Å². The zero-order chi connectivity index (χ0) is 11.1. The molecule has 0 radical (unpaired) electrons. The van der Waals surface area contributed by atoms with E-state index in [-0.39, 0.29) is 0 Å². The Morgan fingerprint density at radius 1 is 1.40 bits per heavy atom. The minimum absolute atomic E-state index is 0.506. The highest BCUT2D eigenvalue weighted by atomic mass is 35.5. The van der Waals surface area contributed by atoms with Gasteiger partial charge in [-0.15, -0.1) is 0 Å². The quantitative estimate of drug-likeness (QED) is 0.607. The molecule has 15 heavy (non-hydrogen) atoms. The number of hydrogen-bond donors (Lipinski definition) is 2. The maximum absolute atomic E-state index is 5.78. The van der Waals surface area contributed by atoms with E-state index in [4.69, 9.17) is 17.3 Å². The number of benzene rings is 1. The fraction of sp³-hybridized carbons (Fsp3) is 0.364. The Morgan fingerprint density at radius 3 is 2.67 bits per heavy atom. The lowest BCUT2D eigenvalue weighted by atomic mass is 10.1. The first-order valence-corrected chi connectivity index (χ1v) is 5.38. The lowest BCUT2D eigenvalue weighted by molar-refractivity contribution is 0.905. The van der Waals surface area contributed by atoms with E-state index in [0.717, 1.165) is 18.0 Å². The Kier molecular flexibility index (Phi) is 4.98. The molecule has 0 heterocycles. The van der Waals surface area contributed by atoms with Crippen molar-refractivity contribution in [2.45, 2.75) is 13.3 Å². The van der Waals surface area contributed by atoms with Crippen molar-refractivity contribution in [3.05, 3.63) is 34.9 Å². The summed E-state index contributed by atoms with van der Waals surface area (Å²) in [4.78, 5) is 4.18. The molecule has 0 saturated carbocycles. The molecule has 1 aromatic rings. The van der Waals surface area contributed by atoms with Crippen LogP contribution in [-0.4, -0.2) is 19.0 Å². The molecule has 4 heteroatoms. The van der Waals surface area contributed by atoms with Gasteiger partial charge in [0, 0.05) is 18.1 Å². The smallest absolute Gasteiger partial charge is 0.188 e. The predicted molar refractivity (Wildman–Crippen MR) is 65.3 cm³/mol. The van der Waals surface area contributed by atoms with Crippen LogP contribution in [0.1, 0.15) is 12.5 Å². The Balaban J connectivity index is 2.37. The molecule has 0 saturated heterocycles. The van der Waals surface area contributed by atoms with Crippen LogP contribution in [0.3, 0.4) is 0 Å². The fourth-order valence-electron chi connectivity index (χ4n) is 1.19. The van der Waals surface area contributed by atoms with Crippen LogP contribution in [0.4, 0.5) is 0 Å². The summed E-state index contributed by atoms with van der Waals surface area (Å²) in [6.07, 6.45) is 0.878. The molecular formula is C11H16ClN3. The van der Waals surface area contributed by atoms with Gasteiger partial charge in [-0.05, 0) is 31.0 Å². The van der Waals surface area contributed by atoms with E-state index in [1.807, 2.05) is 31.2 Å². The van der Waals surface area contributed by atoms with Crippen molar-refractivity contribution >= 4 is 17.6 Å². The van der Waals surface area contributed by atoms with Gasteiger partial charge in [-0.25, -0.2) is 0 Å². The Hall–Kier alpha value is -1.22. The number of rotatable bonds is 4. The summed E-state index contributed by atoms with van der Waals surface area (Å²) in [6.45, 7) is 3.48. The molecule has 0 unspecified atom stereocenters. The average molecular weight is 226 g/mol. The number of nitrogens with zero attached hydrogens (tertiary/aromatic N) is 1. The van der Waals surface area contributed by atoms with Crippen molar-refractivity contribution in [1.29, 1.82) is 0 Å². The second-order valence-electron chi connectivity index (χ2n) is 3.17. The van der Waals surface area contributed by atoms with E-state index in [0.29, 0.717) is 12.5 Å². The molecule has 1 rings (SSSR count). The summed E-state index contributed by atoms with van der Waals surface area (Å²) >= 11 is 5.78. The standard InChI is InChI=1S/C11H16ClN3/c1-2-14-11(13)15-8-7-9-3-5-10(12)6-4-9/h3-6H,2,7-8H2,1H3,(H3,13,14,15). The highest BCUT2D eigenvalue weighted by Gasteiger charge is 1.93. The van der Waals surface area contributed by atoms with Crippen LogP contribution in [0.25, 0.3) is 0 Å². The van der Waals surface area contributed by atoms with Gasteiger partial charge in [0.1, 0.15) is 0 Å². The van der Waals surface area contributed by atoms with Gasteiger partial charge in [-0.1, -0.05) is 23.7 Å². The fourth-order valence-corrected chi connectivity index (χ4v) is 1.32. The third-order valence-electron chi connectivity index (χ3n) is 1.95. The Labute approximate surface area is 95.3 Å². The molecule has 0 bridgehead atoms. The van der Waals surface area contributed by atoms with E-state index in [9.17, 15) is 0 Å². The van der Waals surface area contributed by atoms with Gasteiger partial charge in [0.05, 0.1) is 0 Å². The average Bonchev–Trinajstić information content (AvgIpc) is 2.21. The summed E-state index contributed by atoms with van der Waals surface area (Å²) in [5, 5.41) is 3.71. The predicted octanol–water partition coefficient (Wildman–Crippen LogP) is 1.81. The lowest BCUT2D eigenvalue weighted by Crippen LogP contribution is -2.31. The summed E-state index contributed by atoms with van der Waals surface area (Å²) in [7, 11) is 0. The Bertz CT molecular complexity index is 319. The molecule has 3 nitrogen and oxygen atoms in total. The van der Waals surface area contributed by atoms with Crippen molar-refractivity contribution < 1.29 is 0 Å². The maximum Gasteiger partial charge on any atom is 0.188 e. The van der Waals surface area contributed by atoms with Gasteiger partial charge >= 0.3 is 0 Å². The number of aliphatic imine (C=N–C) groups is 1. The van der Waals surface area contributed by atoms with Crippen LogP contribution in [0, 0.1) is 0 Å². The van der Waals surface area contributed by atoms with E-state index in [1.54, 1.807) is 0 Å². The SMILES string of the molecule is CCNC(N)=NCCc1ccc(Cl)cc1. The van der Waals surface area contributed by atoms with Crippen LogP contribution in [0.5, 0.6) is 0 Å². The molecule has 3 N–H and O–H groups in total. The first-order valence-electron chi connectivity index (χ1n) is 5.00. The first kappa shape index (κ1) is 11.9. The lowest BCUT2D eigenvalue weighted by Gasteiger charge is -2.02. The number of nitrogens with two attached hydrogens (primary N) is 1. The third-order valence-corrected chi connectivity index (χ3v) is 2.21. The molecule has 0 fully saturated rings. The largest absolute Gasteiger partial charge is 0.370 e. The van der Waals surface area contributed by atoms with Crippen molar-refractivity contribution in [2.24, 2.45) is 10.7 Å². The summed E-state index contributed by atoms with van der Waals surface area (Å²) in [5.41, 5.74) is 6.81. The van der Waals surface area contributed by atoms with Crippen molar-refractivity contribution in [2.75, 3.05) is 13.1 Å². The van der Waals surface area contributed by atoms with Crippen molar-refractivity contribution in [1.82, 2.24) is 5.32 Å². The normalized spacial score (nSPS) is 11.5. The molecule has 0 aliphatic heterocycles. The van der Waals surface area contributed by atoms with Gasteiger partial charge in [-0.2, -0.15) is 0 Å². The number of nitrogens with one attached hydrogen (secondary N) is 1. The van der Waals surface area contributed by atoms with Crippen molar-refractivity contribution in [3.63, 3.8) is 0 Å². The van der Waals surface area contributed by atoms with Crippen LogP contribution in [0.2, 0.25) is 5.02 Å². The molecule has 0 aliphatic rings. The molecular weight excluding hydrogens is 210 g/mol. The molecule has 0 amide bonds. The zero-order valence-corrected chi connectivity index (χ0v) is 9.59. The zero-order valence-electron chi connectivity index (χ0n) is 8.83. The molecule has 0 atom stereocenters. The second kappa shape index (κ2) is 6.30. The second-order valence-corrected chi connectivity index (χ2v) is 3.61. The molecule has 1 aromatic carbocycles. The first-order chi connectivity index (χ1) is 7.22. The van der Waals surface area contributed by atoms with Crippen LogP contribution < -0.4 is 11.1 Å². The molecule has 82 valence electrons. The monoisotopic (exact) mass is 225 g/mol. The maximum atomic E-state index is 5.78. The van der Waals surface area contributed by atoms with Crippen molar-refractivity contribution in [3.8, 4) is 0 Å². The third kappa shape index (κ3) is 4.70. The Morgan fingerprint density at radius 2 is 2.07 bits per heavy atom. The van der Waals surface area contributed by atoms with E-state index in [2.05, 4.69) is 10.3 Å². The van der Waals surface area contributed by atoms with Crippen LogP contribution >= 0.6 is 11.6 Å². The van der Waals surface area contributed by atoms with Gasteiger partial charge in [0.2, 0.25) is 0 Å². The number of hydrogen-bond acceptors (Lipinski definition) is 1. The molecule has 0 aromatic heterocycles. The highest BCUT2D eigenvalue weighted by molar-refractivity contribution is 6.30. The van der Waals surface area contributed by atoms with Gasteiger partial charge in [0.15, 0.2) is 5.96 Å².